The largest absolute Gasteiger partial charge is 0.477 e. The Morgan fingerprint density at radius 3 is 1.10 bits per heavy atom. The second-order valence-corrected chi connectivity index (χ2v) is 23.4. The SMILES string of the molecule is CC/C=C\C/C=C\C/C=C\C/C=C\CCCCCCCCCCCCCCCCCCCCCCCCCCCCC(=O)OC(COC(=O)CCCCCCC/C=C\CCCCCCC)COC(OCC[N+](C)(C)C)C(=O)O. The van der Waals surface area contributed by atoms with E-state index in [0.717, 1.165) is 83.5 Å². The van der Waals surface area contributed by atoms with Crippen LogP contribution in [0.25, 0.3) is 0 Å². The molecule has 0 spiro atoms. The Bertz CT molecular complexity index is 1460. The van der Waals surface area contributed by atoms with Gasteiger partial charge in [0.05, 0.1) is 34.4 Å². The summed E-state index contributed by atoms with van der Waals surface area (Å²) in [5.74, 6) is -2.00. The maximum Gasteiger partial charge on any atom is 0.361 e. The molecule has 2 unspecified atom stereocenters. The molecule has 9 nitrogen and oxygen atoms in total. The first kappa shape index (κ1) is 75.0. The molecule has 0 aliphatic carbocycles. The minimum atomic E-state index is -1.51. The average Bonchev–Trinajstić information content (AvgIpc) is 3.41. The number of quaternary nitrogens is 1. The third kappa shape index (κ3) is 60.6. The lowest BCUT2D eigenvalue weighted by Gasteiger charge is -2.25. The molecule has 454 valence electrons. The molecule has 0 saturated heterocycles. The average molecular weight is 1100 g/mol. The van der Waals surface area contributed by atoms with Crippen molar-refractivity contribution in [2.24, 2.45) is 0 Å². The van der Waals surface area contributed by atoms with Crippen LogP contribution in [0.1, 0.15) is 303 Å². The van der Waals surface area contributed by atoms with E-state index in [9.17, 15) is 19.5 Å². The maximum atomic E-state index is 12.9. The number of esters is 2. The predicted molar refractivity (Wildman–Crippen MR) is 332 cm³/mol. The van der Waals surface area contributed by atoms with Gasteiger partial charge in [0.1, 0.15) is 13.2 Å². The highest BCUT2D eigenvalue weighted by molar-refractivity contribution is 5.71. The van der Waals surface area contributed by atoms with Crippen LogP contribution in [0.5, 0.6) is 0 Å². The molecule has 0 bridgehead atoms. The molecular weight excluding hydrogens is 971 g/mol. The Balaban J connectivity index is 3.94. The highest BCUT2D eigenvalue weighted by Crippen LogP contribution is 2.18. The molecule has 0 aromatic rings. The van der Waals surface area contributed by atoms with E-state index in [4.69, 9.17) is 18.9 Å². The fourth-order valence-corrected chi connectivity index (χ4v) is 9.47. The third-order valence-corrected chi connectivity index (χ3v) is 14.5. The molecule has 0 radical (unpaired) electrons. The van der Waals surface area contributed by atoms with Gasteiger partial charge < -0.3 is 28.5 Å². The number of likely N-dealkylation sites (N-methyl/N-ethyl adjacent to an activating group) is 1. The molecule has 0 aromatic carbocycles. The van der Waals surface area contributed by atoms with Crippen LogP contribution in [0.15, 0.2) is 60.8 Å². The molecule has 9 heteroatoms. The second-order valence-electron chi connectivity index (χ2n) is 23.4. The van der Waals surface area contributed by atoms with Crippen molar-refractivity contribution < 1.29 is 42.9 Å². The van der Waals surface area contributed by atoms with E-state index in [0.29, 0.717) is 17.4 Å². The zero-order chi connectivity index (χ0) is 56.9. The number of aliphatic carboxylic acids is 1. The molecule has 0 amide bonds. The van der Waals surface area contributed by atoms with Crippen molar-refractivity contribution in [1.29, 1.82) is 0 Å². The van der Waals surface area contributed by atoms with Gasteiger partial charge >= 0.3 is 17.9 Å². The van der Waals surface area contributed by atoms with E-state index in [2.05, 4.69) is 74.6 Å². The van der Waals surface area contributed by atoms with Crippen LogP contribution in [0.3, 0.4) is 0 Å². The molecule has 0 fully saturated rings. The molecule has 0 heterocycles. The zero-order valence-corrected chi connectivity index (χ0v) is 51.8. The zero-order valence-electron chi connectivity index (χ0n) is 51.8. The summed E-state index contributed by atoms with van der Waals surface area (Å²) in [6.45, 7) is 4.78. The number of ether oxygens (including phenoxy) is 4. The molecule has 78 heavy (non-hydrogen) atoms. The summed E-state index contributed by atoms with van der Waals surface area (Å²) in [5.41, 5.74) is 0. The van der Waals surface area contributed by atoms with Crippen LogP contribution < -0.4 is 0 Å². The van der Waals surface area contributed by atoms with Gasteiger partial charge in [-0.05, 0) is 77.0 Å². The Morgan fingerprint density at radius 1 is 0.397 bits per heavy atom. The van der Waals surface area contributed by atoms with E-state index in [-0.39, 0.29) is 32.2 Å². The quantitative estimate of drug-likeness (QED) is 0.0211. The predicted octanol–water partition coefficient (Wildman–Crippen LogP) is 20.0. The van der Waals surface area contributed by atoms with Gasteiger partial charge in [-0.25, -0.2) is 4.79 Å². The van der Waals surface area contributed by atoms with E-state index in [1.54, 1.807) is 0 Å². The van der Waals surface area contributed by atoms with Gasteiger partial charge in [0.15, 0.2) is 6.10 Å². The topological polar surface area (TPSA) is 108 Å². The summed E-state index contributed by atoms with van der Waals surface area (Å²) >= 11 is 0. The number of hydrogen-bond donors (Lipinski definition) is 1. The highest BCUT2D eigenvalue weighted by atomic mass is 16.7. The summed E-state index contributed by atoms with van der Waals surface area (Å²) in [6.07, 6.45) is 74.9. The smallest absolute Gasteiger partial charge is 0.361 e. The van der Waals surface area contributed by atoms with Crippen molar-refractivity contribution >= 4 is 17.9 Å². The summed E-state index contributed by atoms with van der Waals surface area (Å²) < 4.78 is 22.9. The number of hydrogen-bond acceptors (Lipinski definition) is 7. The van der Waals surface area contributed by atoms with E-state index in [1.165, 1.54) is 193 Å². The van der Waals surface area contributed by atoms with E-state index < -0.39 is 24.3 Å². The summed E-state index contributed by atoms with van der Waals surface area (Å²) in [6, 6.07) is 0. The minimum Gasteiger partial charge on any atom is -0.477 e. The molecule has 0 saturated carbocycles. The standard InChI is InChI=1S/C69H125NO8/c1-6-8-10-12-14-16-18-20-22-23-24-25-26-27-28-29-30-31-32-33-34-35-36-37-38-39-40-41-42-43-44-45-46-48-50-52-54-56-58-60-67(72)78-65(64-77-69(68(73)74)75-62-61-70(3,4)5)63-76-66(71)59-57-55-53-51-49-47-21-19-17-15-13-11-9-7-2/h8,10,14,16,19-22,24-25,65,69H,6-7,9,11-13,15,17-18,23,26-64H2,1-5H3/p+1/b10-8-,16-14-,21-19-,22-20-,25-24-. The monoisotopic (exact) mass is 1100 g/mol. The first-order valence-corrected chi connectivity index (χ1v) is 33.0. The Labute approximate surface area is 482 Å². The molecule has 0 aromatic heterocycles. The van der Waals surface area contributed by atoms with Crippen LogP contribution in [0.4, 0.5) is 0 Å². The molecule has 0 rings (SSSR count). The van der Waals surface area contributed by atoms with Crippen molar-refractivity contribution in [1.82, 2.24) is 0 Å². The lowest BCUT2D eigenvalue weighted by atomic mass is 10.0. The van der Waals surface area contributed by atoms with Crippen molar-refractivity contribution in [3.63, 3.8) is 0 Å². The number of carboxylic acids is 1. The number of unbranched alkanes of at least 4 members (excludes halogenated alkanes) is 36. The van der Waals surface area contributed by atoms with Gasteiger partial charge in [0, 0.05) is 12.8 Å². The fourth-order valence-electron chi connectivity index (χ4n) is 9.47. The van der Waals surface area contributed by atoms with Crippen molar-refractivity contribution in [3.8, 4) is 0 Å². The second kappa shape index (κ2) is 60.1. The van der Waals surface area contributed by atoms with Crippen LogP contribution in [0, 0.1) is 0 Å². The Morgan fingerprint density at radius 2 is 0.731 bits per heavy atom. The summed E-state index contributed by atoms with van der Waals surface area (Å²) in [5, 5.41) is 9.71. The molecule has 1 N–H and O–H groups in total. The third-order valence-electron chi connectivity index (χ3n) is 14.5. The van der Waals surface area contributed by atoms with Gasteiger partial charge in [-0.1, -0.05) is 274 Å². The highest BCUT2D eigenvalue weighted by Gasteiger charge is 2.25. The van der Waals surface area contributed by atoms with E-state index in [1.807, 2.05) is 21.1 Å². The van der Waals surface area contributed by atoms with Crippen LogP contribution in [0.2, 0.25) is 0 Å². The lowest BCUT2D eigenvalue weighted by Crippen LogP contribution is -2.40. The van der Waals surface area contributed by atoms with Crippen molar-refractivity contribution in [3.05, 3.63) is 60.8 Å². The number of rotatable bonds is 61. The molecule has 0 aliphatic rings. The summed E-state index contributed by atoms with van der Waals surface area (Å²) in [7, 11) is 5.97. The van der Waals surface area contributed by atoms with Crippen LogP contribution in [-0.4, -0.2) is 87.4 Å². The van der Waals surface area contributed by atoms with Crippen molar-refractivity contribution in [2.45, 2.75) is 315 Å². The van der Waals surface area contributed by atoms with Crippen LogP contribution in [-0.2, 0) is 33.3 Å². The van der Waals surface area contributed by atoms with Crippen molar-refractivity contribution in [2.75, 3.05) is 47.5 Å². The Kier molecular flexibility index (Phi) is 57.8. The van der Waals surface area contributed by atoms with Gasteiger partial charge in [-0.3, -0.25) is 9.59 Å². The van der Waals surface area contributed by atoms with Crippen LogP contribution >= 0.6 is 0 Å². The fraction of sp³-hybridized carbons (Fsp3) is 0.812. The van der Waals surface area contributed by atoms with Gasteiger partial charge in [0.2, 0.25) is 0 Å². The minimum absolute atomic E-state index is 0.183. The van der Waals surface area contributed by atoms with E-state index >= 15 is 0 Å². The van der Waals surface area contributed by atoms with Gasteiger partial charge in [0.25, 0.3) is 6.29 Å². The molecular formula is C69H126NO8+. The number of carboxylic acid groups (broad SMARTS) is 1. The first-order chi connectivity index (χ1) is 38.1. The molecule has 0 aliphatic heterocycles. The molecule has 2 atom stereocenters. The number of allylic oxidation sites excluding steroid dienone is 10. The lowest BCUT2D eigenvalue weighted by molar-refractivity contribution is -0.870. The maximum absolute atomic E-state index is 12.9. The summed E-state index contributed by atoms with van der Waals surface area (Å²) in [4.78, 5) is 37.4. The number of carbonyl (C=O) groups excluding carboxylic acids is 2. The van der Waals surface area contributed by atoms with Gasteiger partial charge in [-0.15, -0.1) is 0 Å². The number of nitrogens with zero attached hydrogens (tertiary/aromatic N) is 1. The first-order valence-electron chi connectivity index (χ1n) is 33.0. The van der Waals surface area contributed by atoms with Gasteiger partial charge in [-0.2, -0.15) is 0 Å². The Hall–Kier alpha value is -3.01. The normalized spacial score (nSPS) is 13.1. The number of carbonyl (C=O) groups is 3.